The molecule has 5 rings (SSSR count). The van der Waals surface area contributed by atoms with E-state index < -0.39 is 0 Å². The molecule has 2 aliphatic rings. The largest absolute Gasteiger partial charge is 0.119 e. The molecule has 0 amide bonds. The van der Waals surface area contributed by atoms with E-state index in [1.165, 1.54) is 0 Å². The van der Waals surface area contributed by atoms with Gasteiger partial charge >= 0.3 is 0 Å². The van der Waals surface area contributed by atoms with Crippen molar-refractivity contribution < 1.29 is 0 Å². The van der Waals surface area contributed by atoms with E-state index in [1.807, 2.05) is 36.4 Å². The Morgan fingerprint density at radius 3 is 1.91 bits per heavy atom. The first-order valence-corrected chi connectivity index (χ1v) is 19.5. The maximum Gasteiger partial charge on any atom is 0.119 e. The Morgan fingerprint density at radius 1 is 0.614 bits per heavy atom. The Morgan fingerprint density at radius 2 is 1.19 bits per heavy atom. The number of rotatable bonds is 5. The van der Waals surface area contributed by atoms with Crippen molar-refractivity contribution in [2.45, 2.75) is 33.0 Å². The van der Waals surface area contributed by atoms with Gasteiger partial charge < -0.3 is 0 Å². The Labute approximate surface area is 342 Å². The lowest BCUT2D eigenvalue weighted by Gasteiger charge is -2.14. The second-order valence-corrected chi connectivity index (χ2v) is 15.5. The second kappa shape index (κ2) is 18.9. The predicted molar refractivity (Wildman–Crippen MR) is 258 cm³/mol. The van der Waals surface area contributed by atoms with Crippen molar-refractivity contribution in [1.82, 2.24) is 0 Å². The quantitative estimate of drug-likeness (QED) is 0.181. The van der Waals surface area contributed by atoms with E-state index in [0.29, 0.717) is 0 Å². The first-order chi connectivity index (χ1) is 27.2. The molecule has 0 heterocycles. The van der Waals surface area contributed by atoms with E-state index in [9.17, 15) is 0 Å². The molecule has 0 radical (unpaired) electrons. The van der Waals surface area contributed by atoms with Gasteiger partial charge in [0.15, 0.2) is 0 Å². The van der Waals surface area contributed by atoms with E-state index in [0.717, 1.165) is 87.7 Å². The Bertz CT molecular complexity index is 2660. The zero-order chi connectivity index (χ0) is 41.1. The fourth-order valence-electron chi connectivity index (χ4n) is 6.78. The van der Waals surface area contributed by atoms with Crippen LogP contribution in [-0.2, 0) is 0 Å². The molecule has 57 heavy (non-hydrogen) atoms. The zero-order valence-electron chi connectivity index (χ0n) is 34.5. The maximum atomic E-state index is 4.63. The lowest BCUT2D eigenvalue weighted by molar-refractivity contribution is 0.938. The van der Waals surface area contributed by atoms with Crippen molar-refractivity contribution in [3.05, 3.63) is 231 Å². The van der Waals surface area contributed by atoms with Gasteiger partial charge in [-0.3, -0.25) is 0 Å². The maximum absolute atomic E-state index is 4.63. The minimum atomic E-state index is -0.165. The summed E-state index contributed by atoms with van der Waals surface area (Å²) in [5.41, 5.74) is 12.8. The Kier molecular flexibility index (Phi) is 13.9. The van der Waals surface area contributed by atoms with Gasteiger partial charge in [-0.15, -0.1) is 0 Å². The van der Waals surface area contributed by atoms with Gasteiger partial charge in [0, 0.05) is 0 Å². The van der Waals surface area contributed by atoms with Crippen molar-refractivity contribution >= 4 is 51.9 Å². The highest BCUT2D eigenvalue weighted by atomic mass is 14.2. The third-order valence-corrected chi connectivity index (χ3v) is 10.1. The summed E-state index contributed by atoms with van der Waals surface area (Å²) in [5.74, 6) is 0.271. The van der Waals surface area contributed by atoms with Crippen molar-refractivity contribution in [3.63, 3.8) is 0 Å². The first-order valence-electron chi connectivity index (χ1n) is 19.5. The molecular formula is C56H55B. The number of hydrogen-bond donors (Lipinski definition) is 0. The molecule has 2 aliphatic carbocycles. The summed E-state index contributed by atoms with van der Waals surface area (Å²) in [5, 5.41) is 3.54. The van der Waals surface area contributed by atoms with Crippen LogP contribution in [0.1, 0.15) is 44.4 Å². The Balaban J connectivity index is 1.74. The van der Waals surface area contributed by atoms with E-state index in [1.54, 1.807) is 0 Å². The van der Waals surface area contributed by atoms with Gasteiger partial charge in [-0.2, -0.15) is 0 Å². The molecule has 0 spiro atoms. The molecule has 1 heteroatoms. The average Bonchev–Trinajstić information content (AvgIpc) is 3.34. The van der Waals surface area contributed by atoms with E-state index in [2.05, 4.69) is 209 Å². The summed E-state index contributed by atoms with van der Waals surface area (Å²) >= 11 is 0. The molecule has 0 aromatic heterocycles. The Hall–Kier alpha value is -6.44. The number of fused-ring (bicyclic) bond motifs is 1. The van der Waals surface area contributed by atoms with Crippen LogP contribution in [0.2, 0.25) is 5.31 Å². The molecule has 0 nitrogen and oxygen atoms in total. The molecule has 0 bridgehead atoms. The summed E-state index contributed by atoms with van der Waals surface area (Å²) in [7, 11) is 2.23. The van der Waals surface area contributed by atoms with Crippen LogP contribution in [0.15, 0.2) is 193 Å². The van der Waals surface area contributed by atoms with Crippen molar-refractivity contribution in [2.24, 2.45) is 5.92 Å². The zero-order valence-corrected chi connectivity index (χ0v) is 34.5. The smallest absolute Gasteiger partial charge is 0.0918 e. The number of hydrogen-bond acceptors (Lipinski definition) is 0. The van der Waals surface area contributed by atoms with Gasteiger partial charge in [0.2, 0.25) is 0 Å². The fraction of sp³-hybridized carbons (Fsp3) is 0.107. The molecule has 2 atom stereocenters. The van der Waals surface area contributed by atoms with E-state index in [-0.39, 0.29) is 11.2 Å². The highest BCUT2D eigenvalue weighted by molar-refractivity contribution is 6.19. The topological polar surface area (TPSA) is 0 Å². The van der Waals surface area contributed by atoms with Gasteiger partial charge in [-0.1, -0.05) is 217 Å². The first kappa shape index (κ1) is 41.7. The van der Waals surface area contributed by atoms with Crippen LogP contribution in [0.5, 0.6) is 0 Å². The van der Waals surface area contributed by atoms with Crippen molar-refractivity contribution in [1.29, 1.82) is 0 Å². The fourth-order valence-corrected chi connectivity index (χ4v) is 6.78. The van der Waals surface area contributed by atoms with E-state index in [4.69, 9.17) is 0 Å². The molecular weight excluding hydrogens is 683 g/mol. The van der Waals surface area contributed by atoms with Crippen LogP contribution in [-0.4, -0.2) is 7.85 Å². The summed E-state index contributed by atoms with van der Waals surface area (Å²) in [6, 6.07) is 31.3. The molecule has 0 aliphatic heterocycles. The summed E-state index contributed by atoms with van der Waals surface area (Å²) in [6.07, 6.45) is 28.2. The minimum Gasteiger partial charge on any atom is -0.0918 e. The van der Waals surface area contributed by atoms with Gasteiger partial charge in [-0.05, 0) is 119 Å². The van der Waals surface area contributed by atoms with Gasteiger partial charge in [0.25, 0.3) is 0 Å². The highest BCUT2D eigenvalue weighted by Crippen LogP contribution is 2.36. The van der Waals surface area contributed by atoms with Crippen LogP contribution in [0.25, 0.3) is 66.3 Å². The summed E-state index contributed by atoms with van der Waals surface area (Å²) < 4.78 is 0. The normalized spacial score (nSPS) is 20.7. The monoisotopic (exact) mass is 738 g/mol. The summed E-state index contributed by atoms with van der Waals surface area (Å²) in [6.45, 7) is 35.0. The molecule has 282 valence electrons. The van der Waals surface area contributed by atoms with Gasteiger partial charge in [0.05, 0.1) is 0 Å². The summed E-state index contributed by atoms with van der Waals surface area (Å²) in [4.78, 5) is 0. The van der Waals surface area contributed by atoms with Gasteiger partial charge in [0.1, 0.15) is 7.85 Å². The van der Waals surface area contributed by atoms with Crippen LogP contribution in [0.4, 0.5) is 0 Å². The molecule has 0 N–H and O–H groups in total. The predicted octanol–water partition coefficient (Wildman–Crippen LogP) is 11.5. The van der Waals surface area contributed by atoms with Crippen molar-refractivity contribution in [2.75, 3.05) is 0 Å². The number of benzene rings is 1. The molecule has 0 saturated carbocycles. The van der Waals surface area contributed by atoms with Crippen LogP contribution in [0, 0.1) is 5.92 Å². The van der Waals surface area contributed by atoms with E-state index >= 15 is 0 Å². The molecule has 3 aromatic carbocycles. The molecule has 2 unspecified atom stereocenters. The second-order valence-electron chi connectivity index (χ2n) is 15.5. The van der Waals surface area contributed by atoms with Crippen LogP contribution in [0.3, 0.4) is 0 Å². The van der Waals surface area contributed by atoms with Crippen LogP contribution >= 0.6 is 0 Å². The van der Waals surface area contributed by atoms with Crippen molar-refractivity contribution in [3.8, 4) is 22.3 Å². The number of allylic oxidation sites excluding steroid dienone is 16. The molecule has 3 aromatic rings. The standard InChI is InChI=1S/C56H55B/c1-39-16-11-12-17-42(4)38-50(29-25-39)48-30-32-49(33-31-48)55-46(8)20-14-13-19-45(7)54(52-34-36-56(10,57)37-35-53(52)55)47(9)28-27-44(6)51-21-15-18-40(2)22-23-41(3)24-26-43(51)5/h11-38,41H,1-2,4-5,7-8,57H2,3,6,9-10H3/b16-11?,17-12?,18-15-,19-13?,20-14?,23-22-,26-24-,29-25?,44-27+,47-28+,50-38?,51-21+,54-52?,55-53?. The SMILES string of the molecule is BC1(C)C=Cc2c(c(-c3ccc(-c4ccc(=C)ccccc(=C)c4)cc3)c(=C)ccccc(=C)c2/C(C)=C/C=C(C)/C2=C/C=C\C(=C)/C=C\C(C)/C=C\C2=C)C=C1. The minimum absolute atomic E-state index is 0.165. The molecule has 0 saturated heterocycles. The average molecular weight is 739 g/mol. The van der Waals surface area contributed by atoms with Gasteiger partial charge in [-0.25, -0.2) is 0 Å². The lowest BCUT2D eigenvalue weighted by atomic mass is 9.70. The third-order valence-electron chi connectivity index (χ3n) is 10.1. The van der Waals surface area contributed by atoms with Crippen LogP contribution < -0.4 is 20.9 Å². The molecule has 0 fully saturated rings. The third kappa shape index (κ3) is 11.3. The highest BCUT2D eigenvalue weighted by Gasteiger charge is 2.18. The lowest BCUT2D eigenvalue weighted by Crippen LogP contribution is -2.09.